The summed E-state index contributed by atoms with van der Waals surface area (Å²) in [7, 11) is 4.02. The molecule has 0 amide bonds. The van der Waals surface area contributed by atoms with E-state index in [0.717, 1.165) is 19.6 Å². The number of nitrogens with zero attached hydrogens (tertiary/aromatic N) is 4. The zero-order valence-corrected chi connectivity index (χ0v) is 12.7. The summed E-state index contributed by atoms with van der Waals surface area (Å²) in [5.41, 5.74) is 0.531. The summed E-state index contributed by atoms with van der Waals surface area (Å²) in [5, 5.41) is 4.65. The molecule has 1 fully saturated rings. The van der Waals surface area contributed by atoms with Crippen LogP contribution in [0.2, 0.25) is 5.02 Å². The van der Waals surface area contributed by atoms with Crippen LogP contribution in [-0.2, 0) is 0 Å². The molecule has 6 heteroatoms. The third-order valence-corrected chi connectivity index (χ3v) is 3.90. The topological polar surface area (TPSA) is 41.4 Å². The molecule has 106 valence electrons. The molecular formula is C13H21ClN4O. The van der Waals surface area contributed by atoms with Crippen molar-refractivity contribution in [1.29, 1.82) is 0 Å². The Hall–Kier alpha value is -0.910. The highest BCUT2D eigenvalue weighted by atomic mass is 35.5. The van der Waals surface area contributed by atoms with Gasteiger partial charge in [0, 0.05) is 25.7 Å². The van der Waals surface area contributed by atoms with Crippen molar-refractivity contribution >= 4 is 17.4 Å². The summed E-state index contributed by atoms with van der Waals surface area (Å²) >= 11 is 6.15. The van der Waals surface area contributed by atoms with Crippen LogP contribution in [0.15, 0.2) is 6.20 Å². The molecule has 1 aliphatic rings. The standard InChI is InChI=1S/C13H21ClN4O/c1-9(2)18-12(10(14)7-15-18)13(19)11-8-16(3)5-6-17(11)4/h7,9,11H,5-6,8H2,1-4H3. The average Bonchev–Trinajstić information content (AvgIpc) is 2.73. The second kappa shape index (κ2) is 5.61. The summed E-state index contributed by atoms with van der Waals surface area (Å²) < 4.78 is 1.72. The van der Waals surface area contributed by atoms with Gasteiger partial charge in [-0.25, -0.2) is 0 Å². The Labute approximate surface area is 119 Å². The molecule has 0 aromatic carbocycles. The Bertz CT molecular complexity index is 471. The third-order valence-electron chi connectivity index (χ3n) is 3.63. The van der Waals surface area contributed by atoms with Gasteiger partial charge < -0.3 is 4.90 Å². The predicted octanol–water partition coefficient (Wildman–Crippen LogP) is 1.55. The largest absolute Gasteiger partial charge is 0.303 e. The third kappa shape index (κ3) is 2.83. The number of halogens is 1. The molecule has 2 rings (SSSR count). The van der Waals surface area contributed by atoms with Crippen molar-refractivity contribution in [3.05, 3.63) is 16.9 Å². The SMILES string of the molecule is CC(C)n1ncc(Cl)c1C(=O)C1CN(C)CCN1C. The highest BCUT2D eigenvalue weighted by molar-refractivity contribution is 6.33. The lowest BCUT2D eigenvalue weighted by Crippen LogP contribution is -2.53. The van der Waals surface area contributed by atoms with Crippen molar-refractivity contribution in [1.82, 2.24) is 19.6 Å². The lowest BCUT2D eigenvalue weighted by atomic mass is 10.1. The maximum atomic E-state index is 12.7. The van der Waals surface area contributed by atoms with Crippen molar-refractivity contribution in [2.24, 2.45) is 0 Å². The van der Waals surface area contributed by atoms with E-state index in [0.29, 0.717) is 10.7 Å². The van der Waals surface area contributed by atoms with Crippen molar-refractivity contribution in [2.45, 2.75) is 25.9 Å². The van der Waals surface area contributed by atoms with Crippen LogP contribution in [0.25, 0.3) is 0 Å². The summed E-state index contributed by atoms with van der Waals surface area (Å²) in [6, 6.07) is -0.0245. The van der Waals surface area contributed by atoms with Crippen molar-refractivity contribution in [2.75, 3.05) is 33.7 Å². The van der Waals surface area contributed by atoms with Crippen LogP contribution in [0.3, 0.4) is 0 Å². The van der Waals surface area contributed by atoms with Gasteiger partial charge in [-0.1, -0.05) is 11.6 Å². The number of hydrogen-bond donors (Lipinski definition) is 0. The first-order valence-corrected chi connectivity index (χ1v) is 6.95. The summed E-state index contributed by atoms with van der Waals surface area (Å²) in [4.78, 5) is 17.0. The van der Waals surface area contributed by atoms with Crippen LogP contribution < -0.4 is 0 Å². The van der Waals surface area contributed by atoms with E-state index in [9.17, 15) is 4.79 Å². The van der Waals surface area contributed by atoms with E-state index >= 15 is 0 Å². The molecule has 5 nitrogen and oxygen atoms in total. The lowest BCUT2D eigenvalue weighted by Gasteiger charge is -2.36. The fourth-order valence-corrected chi connectivity index (χ4v) is 2.64. The van der Waals surface area contributed by atoms with Crippen LogP contribution >= 0.6 is 11.6 Å². The van der Waals surface area contributed by atoms with Gasteiger partial charge in [-0.2, -0.15) is 5.10 Å². The summed E-state index contributed by atoms with van der Waals surface area (Å²) in [6.07, 6.45) is 1.56. The molecule has 0 aliphatic carbocycles. The molecule has 1 saturated heterocycles. The van der Waals surface area contributed by atoms with Crippen LogP contribution in [-0.4, -0.2) is 65.1 Å². The van der Waals surface area contributed by atoms with Gasteiger partial charge in [-0.05, 0) is 27.9 Å². The number of carbonyl (C=O) groups excluding carboxylic acids is 1. The average molecular weight is 285 g/mol. The van der Waals surface area contributed by atoms with E-state index in [4.69, 9.17) is 11.6 Å². The number of hydrogen-bond acceptors (Lipinski definition) is 4. The number of carbonyl (C=O) groups is 1. The number of piperazine rings is 1. The molecule has 1 unspecified atom stereocenters. The Balaban J connectivity index is 2.30. The van der Waals surface area contributed by atoms with E-state index in [-0.39, 0.29) is 17.9 Å². The second-order valence-corrected chi connectivity index (χ2v) is 5.91. The van der Waals surface area contributed by atoms with Crippen molar-refractivity contribution in [3.63, 3.8) is 0 Å². The minimum absolute atomic E-state index is 0.0604. The van der Waals surface area contributed by atoms with E-state index < -0.39 is 0 Å². The zero-order valence-electron chi connectivity index (χ0n) is 11.9. The maximum Gasteiger partial charge on any atom is 0.200 e. The van der Waals surface area contributed by atoms with Crippen LogP contribution in [0.4, 0.5) is 0 Å². The monoisotopic (exact) mass is 284 g/mol. The van der Waals surface area contributed by atoms with Gasteiger partial charge in [0.2, 0.25) is 5.78 Å². The number of rotatable bonds is 3. The fourth-order valence-electron chi connectivity index (χ4n) is 2.41. The highest BCUT2D eigenvalue weighted by Crippen LogP contribution is 2.22. The number of likely N-dealkylation sites (N-methyl/N-ethyl adjacent to an activating group) is 2. The lowest BCUT2D eigenvalue weighted by molar-refractivity contribution is 0.0674. The molecule has 0 spiro atoms. The Kier molecular flexibility index (Phi) is 4.28. The van der Waals surface area contributed by atoms with E-state index in [1.165, 1.54) is 0 Å². The number of aromatic nitrogens is 2. The van der Waals surface area contributed by atoms with Crippen LogP contribution in [0.1, 0.15) is 30.4 Å². The van der Waals surface area contributed by atoms with Gasteiger partial charge in [-0.15, -0.1) is 0 Å². The van der Waals surface area contributed by atoms with E-state index in [1.807, 2.05) is 27.9 Å². The molecule has 2 heterocycles. The highest BCUT2D eigenvalue weighted by Gasteiger charge is 2.32. The van der Waals surface area contributed by atoms with Gasteiger partial charge >= 0.3 is 0 Å². The maximum absolute atomic E-state index is 12.7. The molecule has 0 saturated carbocycles. The smallest absolute Gasteiger partial charge is 0.200 e. The van der Waals surface area contributed by atoms with Crippen molar-refractivity contribution < 1.29 is 4.79 Å². The molecular weight excluding hydrogens is 264 g/mol. The second-order valence-electron chi connectivity index (χ2n) is 5.50. The summed E-state index contributed by atoms with van der Waals surface area (Å²) in [5.74, 6) is 0.0604. The minimum atomic E-state index is -0.148. The summed E-state index contributed by atoms with van der Waals surface area (Å²) in [6.45, 7) is 6.60. The van der Waals surface area contributed by atoms with Gasteiger partial charge in [0.05, 0.1) is 17.3 Å². The van der Waals surface area contributed by atoms with E-state index in [1.54, 1.807) is 10.9 Å². The van der Waals surface area contributed by atoms with Gasteiger partial charge in [0.1, 0.15) is 5.69 Å². The fraction of sp³-hybridized carbons (Fsp3) is 0.692. The first-order chi connectivity index (χ1) is 8.91. The Morgan fingerprint density at radius 2 is 2.11 bits per heavy atom. The predicted molar refractivity (Wildman–Crippen MR) is 75.9 cm³/mol. The molecule has 1 aromatic heterocycles. The Morgan fingerprint density at radius 3 is 2.74 bits per heavy atom. The van der Waals surface area contributed by atoms with Crippen molar-refractivity contribution in [3.8, 4) is 0 Å². The molecule has 1 atom stereocenters. The number of Topliss-reactive ketones (excluding diaryl/α,β-unsaturated/α-hetero) is 1. The quantitative estimate of drug-likeness (QED) is 0.790. The minimum Gasteiger partial charge on any atom is -0.303 e. The first-order valence-electron chi connectivity index (χ1n) is 6.57. The van der Waals surface area contributed by atoms with Gasteiger partial charge in [-0.3, -0.25) is 14.4 Å². The molecule has 0 bridgehead atoms. The molecule has 0 N–H and O–H groups in total. The van der Waals surface area contributed by atoms with Gasteiger partial charge in [0.15, 0.2) is 0 Å². The number of ketones is 1. The molecule has 19 heavy (non-hydrogen) atoms. The molecule has 0 radical (unpaired) electrons. The van der Waals surface area contributed by atoms with E-state index in [2.05, 4.69) is 14.9 Å². The molecule has 1 aliphatic heterocycles. The zero-order chi connectivity index (χ0) is 14.2. The molecule has 1 aromatic rings. The van der Waals surface area contributed by atoms with Gasteiger partial charge in [0.25, 0.3) is 0 Å². The van der Waals surface area contributed by atoms with Crippen LogP contribution in [0.5, 0.6) is 0 Å². The normalized spacial score (nSPS) is 22.1. The van der Waals surface area contributed by atoms with Crippen LogP contribution in [0, 0.1) is 0 Å². The Morgan fingerprint density at radius 1 is 1.42 bits per heavy atom. The first kappa shape index (κ1) is 14.5.